The highest BCUT2D eigenvalue weighted by Gasteiger charge is 2.31. The van der Waals surface area contributed by atoms with Gasteiger partial charge in [0.05, 0.1) is 23.5 Å². The van der Waals surface area contributed by atoms with Crippen molar-refractivity contribution in [3.05, 3.63) is 29.3 Å². The van der Waals surface area contributed by atoms with Gasteiger partial charge in [-0.2, -0.15) is 5.26 Å². The van der Waals surface area contributed by atoms with Crippen LogP contribution in [0.1, 0.15) is 45.7 Å². The molecule has 0 bridgehead atoms. The fraction of sp³-hybridized carbons (Fsp3) is 0.577. The van der Waals surface area contributed by atoms with E-state index in [1.165, 1.54) is 0 Å². The van der Waals surface area contributed by atoms with E-state index in [1.54, 1.807) is 4.90 Å². The van der Waals surface area contributed by atoms with E-state index < -0.39 is 5.60 Å². The second kappa shape index (κ2) is 11.0. The van der Waals surface area contributed by atoms with Crippen LogP contribution in [0.5, 0.6) is 0 Å². The predicted octanol–water partition coefficient (Wildman–Crippen LogP) is 4.07. The Morgan fingerprint density at radius 3 is 2.59 bits per heavy atom. The maximum absolute atomic E-state index is 12.4. The van der Waals surface area contributed by atoms with E-state index >= 15 is 0 Å². The highest BCUT2D eigenvalue weighted by molar-refractivity contribution is 5.82. The molecule has 0 N–H and O–H groups in total. The van der Waals surface area contributed by atoms with E-state index in [0.29, 0.717) is 24.3 Å². The van der Waals surface area contributed by atoms with Gasteiger partial charge >= 0.3 is 6.09 Å². The summed E-state index contributed by atoms with van der Waals surface area (Å²) >= 11 is 0. The lowest BCUT2D eigenvalue weighted by molar-refractivity contribution is -0.0393. The monoisotopic (exact) mass is 467 g/mol. The predicted molar refractivity (Wildman–Crippen MR) is 136 cm³/mol. The number of nitrogens with zero attached hydrogens (tertiary/aromatic N) is 5. The van der Waals surface area contributed by atoms with E-state index in [9.17, 15) is 10.1 Å². The molecule has 2 fully saturated rings. The maximum atomic E-state index is 12.4. The van der Waals surface area contributed by atoms with Gasteiger partial charge in [-0.25, -0.2) is 4.79 Å². The summed E-state index contributed by atoms with van der Waals surface area (Å²) < 4.78 is 11.8. The second-order valence-corrected chi connectivity index (χ2v) is 9.91. The van der Waals surface area contributed by atoms with Crippen LogP contribution in [0.15, 0.2) is 23.2 Å². The summed E-state index contributed by atoms with van der Waals surface area (Å²) in [5, 5.41) is 9.48. The average molecular weight is 468 g/mol. The van der Waals surface area contributed by atoms with E-state index in [1.807, 2.05) is 52.0 Å². The topological polar surface area (TPSA) is 81.4 Å². The quantitative estimate of drug-likeness (QED) is 0.607. The number of nitriles is 1. The molecule has 8 heteroatoms. The number of carbonyl (C=O) groups excluding carboxylic acids is 1. The van der Waals surface area contributed by atoms with Gasteiger partial charge in [0.15, 0.2) is 0 Å². The van der Waals surface area contributed by atoms with Crippen LogP contribution in [0.3, 0.4) is 0 Å². The molecule has 184 valence electrons. The second-order valence-electron chi connectivity index (χ2n) is 9.91. The molecule has 1 aromatic rings. The van der Waals surface area contributed by atoms with Crippen molar-refractivity contribution in [2.45, 2.75) is 52.4 Å². The Bertz CT molecular complexity index is 954. The molecule has 34 heavy (non-hydrogen) atoms. The SMILES string of the molecule is C=Nc1c(C#N)ccc(N2C[C@H](CN3CCN(C(=O)OC(C)(C)C)CC3)O[C@H](C)C2)c1/C=C\C. The first kappa shape index (κ1) is 25.7. The molecular formula is C26H37N5O3. The first-order valence-electron chi connectivity index (χ1n) is 11.9. The Morgan fingerprint density at radius 2 is 2.00 bits per heavy atom. The highest BCUT2D eigenvalue weighted by atomic mass is 16.6. The Balaban J connectivity index is 1.67. The van der Waals surface area contributed by atoms with Crippen LogP contribution in [0.2, 0.25) is 0 Å². The van der Waals surface area contributed by atoms with Crippen LogP contribution < -0.4 is 4.90 Å². The summed E-state index contributed by atoms with van der Waals surface area (Å²) in [6.45, 7) is 18.6. The van der Waals surface area contributed by atoms with Crippen molar-refractivity contribution >= 4 is 30.3 Å². The number of amides is 1. The van der Waals surface area contributed by atoms with Crippen LogP contribution in [0, 0.1) is 11.3 Å². The van der Waals surface area contributed by atoms with Crippen LogP contribution in [0.4, 0.5) is 16.2 Å². The molecule has 0 radical (unpaired) electrons. The smallest absolute Gasteiger partial charge is 0.410 e. The molecule has 2 aliphatic rings. The number of aliphatic imine (C=N–C) groups is 1. The van der Waals surface area contributed by atoms with E-state index in [2.05, 4.69) is 34.5 Å². The Kier molecular flexibility index (Phi) is 8.34. The normalized spacial score (nSPS) is 22.0. The van der Waals surface area contributed by atoms with Gasteiger partial charge in [0, 0.05) is 57.1 Å². The number of rotatable bonds is 5. The average Bonchev–Trinajstić information content (AvgIpc) is 2.77. The Hall–Kier alpha value is -2.89. The number of benzene rings is 1. The van der Waals surface area contributed by atoms with Crippen molar-refractivity contribution in [2.75, 3.05) is 50.7 Å². The molecule has 8 nitrogen and oxygen atoms in total. The summed E-state index contributed by atoms with van der Waals surface area (Å²) in [5.41, 5.74) is 2.60. The molecule has 2 aliphatic heterocycles. The zero-order chi connectivity index (χ0) is 24.9. The van der Waals surface area contributed by atoms with Gasteiger partial charge in [0.25, 0.3) is 0 Å². The fourth-order valence-corrected chi connectivity index (χ4v) is 4.53. The molecule has 0 spiro atoms. The first-order chi connectivity index (χ1) is 16.1. The Labute approximate surface area is 203 Å². The molecule has 2 heterocycles. The van der Waals surface area contributed by atoms with Crippen LogP contribution in [-0.4, -0.2) is 86.2 Å². The molecule has 1 amide bonds. The zero-order valence-corrected chi connectivity index (χ0v) is 21.1. The third kappa shape index (κ3) is 6.37. The molecule has 1 aromatic carbocycles. The number of carbonyl (C=O) groups is 1. The lowest BCUT2D eigenvalue weighted by Crippen LogP contribution is -2.55. The van der Waals surface area contributed by atoms with Crippen molar-refractivity contribution < 1.29 is 14.3 Å². The minimum Gasteiger partial charge on any atom is -0.444 e. The molecule has 0 saturated carbocycles. The summed E-state index contributed by atoms with van der Waals surface area (Å²) in [5.74, 6) is 0. The number of ether oxygens (including phenoxy) is 2. The molecule has 0 unspecified atom stereocenters. The van der Waals surface area contributed by atoms with Crippen molar-refractivity contribution in [2.24, 2.45) is 4.99 Å². The van der Waals surface area contributed by atoms with Crippen molar-refractivity contribution in [3.63, 3.8) is 0 Å². The molecular weight excluding hydrogens is 430 g/mol. The van der Waals surface area contributed by atoms with Gasteiger partial charge in [0.2, 0.25) is 0 Å². The standard InChI is InChI=1S/C26H37N5O3/c1-7-8-22-23(10-9-20(15-27)24(22)28-6)31-16-19(2)33-21(18-31)17-29-11-13-30(14-12-29)25(32)34-26(3,4)5/h7-10,19,21H,6,11-14,16-18H2,1-5H3/b8-7-/t19-,21+/m1/s1. The summed E-state index contributed by atoms with van der Waals surface area (Å²) in [4.78, 5) is 23.0. The van der Waals surface area contributed by atoms with Crippen LogP contribution >= 0.6 is 0 Å². The van der Waals surface area contributed by atoms with Crippen molar-refractivity contribution in [1.82, 2.24) is 9.80 Å². The van der Waals surface area contributed by atoms with Crippen molar-refractivity contribution in [3.8, 4) is 6.07 Å². The van der Waals surface area contributed by atoms with Gasteiger partial charge in [-0.3, -0.25) is 9.89 Å². The number of morpholine rings is 1. The minimum atomic E-state index is -0.484. The summed E-state index contributed by atoms with van der Waals surface area (Å²) in [6, 6.07) is 6.03. The third-order valence-electron chi connectivity index (χ3n) is 5.96. The molecule has 3 rings (SSSR count). The largest absolute Gasteiger partial charge is 0.444 e. The molecule has 0 aliphatic carbocycles. The number of anilines is 1. The van der Waals surface area contributed by atoms with E-state index in [4.69, 9.17) is 9.47 Å². The summed E-state index contributed by atoms with van der Waals surface area (Å²) in [7, 11) is 0. The van der Waals surface area contributed by atoms with E-state index in [-0.39, 0.29) is 18.3 Å². The lowest BCUT2D eigenvalue weighted by Gasteiger charge is -2.42. The van der Waals surface area contributed by atoms with Gasteiger partial charge in [-0.1, -0.05) is 12.2 Å². The number of hydrogen-bond donors (Lipinski definition) is 0. The maximum Gasteiger partial charge on any atom is 0.410 e. The van der Waals surface area contributed by atoms with Crippen LogP contribution in [-0.2, 0) is 9.47 Å². The lowest BCUT2D eigenvalue weighted by atomic mass is 10.0. The van der Waals surface area contributed by atoms with Gasteiger partial charge in [0.1, 0.15) is 11.7 Å². The van der Waals surface area contributed by atoms with E-state index in [0.717, 1.165) is 44.0 Å². The zero-order valence-electron chi connectivity index (χ0n) is 21.1. The van der Waals surface area contributed by atoms with Crippen molar-refractivity contribution in [1.29, 1.82) is 5.26 Å². The van der Waals surface area contributed by atoms with Gasteiger partial charge < -0.3 is 19.3 Å². The first-order valence-corrected chi connectivity index (χ1v) is 11.9. The minimum absolute atomic E-state index is 0.0334. The van der Waals surface area contributed by atoms with Gasteiger partial charge in [-0.15, -0.1) is 0 Å². The molecule has 2 saturated heterocycles. The molecule has 0 aromatic heterocycles. The van der Waals surface area contributed by atoms with Crippen LogP contribution in [0.25, 0.3) is 6.08 Å². The molecule has 2 atom stereocenters. The Morgan fingerprint density at radius 1 is 1.29 bits per heavy atom. The number of piperazine rings is 1. The van der Waals surface area contributed by atoms with Gasteiger partial charge in [-0.05, 0) is 53.5 Å². The summed E-state index contributed by atoms with van der Waals surface area (Å²) in [6.07, 6.45) is 3.80. The number of hydrogen-bond acceptors (Lipinski definition) is 7. The third-order valence-corrected chi connectivity index (χ3v) is 5.96. The number of allylic oxidation sites excluding steroid dienone is 1. The highest BCUT2D eigenvalue weighted by Crippen LogP contribution is 2.35. The fourth-order valence-electron chi connectivity index (χ4n) is 4.53.